The van der Waals surface area contributed by atoms with Gasteiger partial charge in [0, 0.05) is 36.6 Å². The molecule has 1 aromatic carbocycles. The zero-order chi connectivity index (χ0) is 19.0. The highest BCUT2D eigenvalue weighted by atomic mass is 79.9. The van der Waals surface area contributed by atoms with E-state index < -0.39 is 0 Å². The third-order valence-corrected chi connectivity index (χ3v) is 6.37. The number of halogens is 1. The Hall–Kier alpha value is -1.60. The van der Waals surface area contributed by atoms with E-state index in [1.54, 1.807) is 4.57 Å². The van der Waals surface area contributed by atoms with Crippen molar-refractivity contribution >= 4 is 32.9 Å². The Labute approximate surface area is 167 Å². The maximum absolute atomic E-state index is 12.8. The largest absolute Gasteiger partial charge is 0.421 e. The summed E-state index contributed by atoms with van der Waals surface area (Å²) in [7, 11) is 0. The first-order valence-electron chi connectivity index (χ1n) is 9.81. The molecule has 1 atom stereocenters. The van der Waals surface area contributed by atoms with Gasteiger partial charge in [-0.25, -0.2) is 4.79 Å². The number of oxazole rings is 1. The average Bonchev–Trinajstić information content (AvgIpc) is 2.96. The van der Waals surface area contributed by atoms with Gasteiger partial charge in [-0.3, -0.25) is 14.3 Å². The number of hydrogen-bond acceptors (Lipinski definition) is 4. The summed E-state index contributed by atoms with van der Waals surface area (Å²) < 4.78 is 7.93. The smallest absolute Gasteiger partial charge is 0.408 e. The van der Waals surface area contributed by atoms with E-state index in [0.29, 0.717) is 24.1 Å². The molecule has 27 heavy (non-hydrogen) atoms. The fourth-order valence-electron chi connectivity index (χ4n) is 4.34. The van der Waals surface area contributed by atoms with Gasteiger partial charge in [-0.05, 0) is 49.8 Å². The summed E-state index contributed by atoms with van der Waals surface area (Å²) in [5.74, 6) is 0.741. The minimum Gasteiger partial charge on any atom is -0.408 e. The molecule has 6 nitrogen and oxygen atoms in total. The van der Waals surface area contributed by atoms with Crippen LogP contribution in [0.25, 0.3) is 11.1 Å². The maximum Gasteiger partial charge on any atom is 0.421 e. The lowest BCUT2D eigenvalue weighted by atomic mass is 9.93. The van der Waals surface area contributed by atoms with Crippen LogP contribution in [0.15, 0.2) is 31.9 Å². The number of piperidine rings is 2. The molecular weight excluding hydrogens is 410 g/mol. The third kappa shape index (κ3) is 3.99. The van der Waals surface area contributed by atoms with Crippen molar-refractivity contribution in [3.63, 3.8) is 0 Å². The van der Waals surface area contributed by atoms with Crippen LogP contribution in [0.3, 0.4) is 0 Å². The first-order chi connectivity index (χ1) is 13.0. The summed E-state index contributed by atoms with van der Waals surface area (Å²) in [4.78, 5) is 29.3. The van der Waals surface area contributed by atoms with Crippen LogP contribution in [0.2, 0.25) is 0 Å². The van der Waals surface area contributed by atoms with E-state index in [4.69, 9.17) is 4.42 Å². The van der Waals surface area contributed by atoms with Crippen molar-refractivity contribution in [2.24, 2.45) is 11.8 Å². The lowest BCUT2D eigenvalue weighted by Crippen LogP contribution is -2.46. The third-order valence-electron chi connectivity index (χ3n) is 5.88. The van der Waals surface area contributed by atoms with Crippen LogP contribution in [-0.4, -0.2) is 46.5 Å². The molecule has 0 N–H and O–H groups in total. The van der Waals surface area contributed by atoms with E-state index >= 15 is 0 Å². The molecule has 1 unspecified atom stereocenters. The Morgan fingerprint density at radius 2 is 2.00 bits per heavy atom. The molecule has 1 aromatic heterocycles. The van der Waals surface area contributed by atoms with Crippen molar-refractivity contribution < 1.29 is 9.21 Å². The molecule has 0 bridgehead atoms. The van der Waals surface area contributed by atoms with Crippen LogP contribution < -0.4 is 5.76 Å². The first-order valence-corrected chi connectivity index (χ1v) is 10.6. The minimum absolute atomic E-state index is 0.125. The zero-order valence-electron chi connectivity index (χ0n) is 15.7. The highest BCUT2D eigenvalue weighted by Crippen LogP contribution is 2.25. The summed E-state index contributed by atoms with van der Waals surface area (Å²) in [5, 5.41) is 0. The highest BCUT2D eigenvalue weighted by Gasteiger charge is 2.30. The van der Waals surface area contributed by atoms with Crippen molar-refractivity contribution in [3.8, 4) is 0 Å². The van der Waals surface area contributed by atoms with Gasteiger partial charge in [0.05, 0.1) is 12.2 Å². The van der Waals surface area contributed by atoms with Crippen molar-refractivity contribution in [1.82, 2.24) is 14.4 Å². The van der Waals surface area contributed by atoms with Crippen LogP contribution >= 0.6 is 15.9 Å². The number of amides is 1. The monoisotopic (exact) mass is 435 g/mol. The summed E-state index contributed by atoms with van der Waals surface area (Å²) in [6, 6.07) is 5.63. The van der Waals surface area contributed by atoms with E-state index in [0.717, 1.165) is 55.4 Å². The van der Waals surface area contributed by atoms with E-state index in [1.165, 1.54) is 6.42 Å². The van der Waals surface area contributed by atoms with E-state index in [-0.39, 0.29) is 11.7 Å². The summed E-state index contributed by atoms with van der Waals surface area (Å²) >= 11 is 3.40. The lowest BCUT2D eigenvalue weighted by Gasteiger charge is -2.37. The Morgan fingerprint density at radius 1 is 1.22 bits per heavy atom. The molecule has 0 aliphatic carbocycles. The average molecular weight is 436 g/mol. The molecule has 2 aromatic rings. The van der Waals surface area contributed by atoms with Gasteiger partial charge in [0.25, 0.3) is 0 Å². The number of nitrogens with zero attached hydrogens (tertiary/aromatic N) is 3. The van der Waals surface area contributed by atoms with Gasteiger partial charge in [-0.1, -0.05) is 22.9 Å². The number of rotatable bonds is 3. The van der Waals surface area contributed by atoms with Crippen LogP contribution in [0.5, 0.6) is 0 Å². The van der Waals surface area contributed by atoms with Crippen LogP contribution in [0.1, 0.15) is 32.6 Å². The fourth-order valence-corrected chi connectivity index (χ4v) is 4.68. The Bertz CT molecular complexity index is 882. The molecule has 2 fully saturated rings. The number of carbonyl (C=O) groups is 1. The molecule has 1 amide bonds. The molecule has 146 valence electrons. The van der Waals surface area contributed by atoms with E-state index in [2.05, 4.69) is 32.7 Å². The topological polar surface area (TPSA) is 58.7 Å². The van der Waals surface area contributed by atoms with Crippen LogP contribution in [0.4, 0.5) is 0 Å². The molecule has 0 saturated carbocycles. The van der Waals surface area contributed by atoms with Gasteiger partial charge in [-0.15, -0.1) is 0 Å². The quantitative estimate of drug-likeness (QED) is 0.741. The molecule has 3 heterocycles. The number of carbonyl (C=O) groups excluding carboxylic acids is 1. The van der Waals surface area contributed by atoms with Crippen LogP contribution in [0, 0.1) is 11.8 Å². The Morgan fingerprint density at radius 3 is 2.74 bits per heavy atom. The number of hydrogen-bond donors (Lipinski definition) is 0. The molecule has 2 aliphatic heterocycles. The Balaban J connectivity index is 1.38. The van der Waals surface area contributed by atoms with E-state index in [9.17, 15) is 9.59 Å². The standard InChI is InChI=1S/C20H26BrN3O3/c1-14-3-2-8-23(12-14)19(25)15-6-9-22(10-7-15)13-24-17-5-4-16(21)11-18(17)27-20(24)26/h4-5,11,14-15H,2-3,6-10,12-13H2,1H3. The second-order valence-electron chi connectivity index (χ2n) is 7.97. The second kappa shape index (κ2) is 7.80. The number of aromatic nitrogens is 1. The maximum atomic E-state index is 12.8. The molecule has 2 aliphatic rings. The summed E-state index contributed by atoms with van der Waals surface area (Å²) in [6.07, 6.45) is 4.07. The molecule has 7 heteroatoms. The van der Waals surface area contributed by atoms with Gasteiger partial charge < -0.3 is 9.32 Å². The van der Waals surface area contributed by atoms with E-state index in [1.807, 2.05) is 18.2 Å². The van der Waals surface area contributed by atoms with Gasteiger partial charge in [0.2, 0.25) is 5.91 Å². The van der Waals surface area contributed by atoms with Crippen molar-refractivity contribution in [2.45, 2.75) is 39.3 Å². The second-order valence-corrected chi connectivity index (χ2v) is 8.89. The van der Waals surface area contributed by atoms with Gasteiger partial charge in [0.15, 0.2) is 5.58 Å². The minimum atomic E-state index is -0.330. The number of benzene rings is 1. The van der Waals surface area contributed by atoms with Crippen molar-refractivity contribution in [1.29, 1.82) is 0 Å². The molecule has 0 spiro atoms. The van der Waals surface area contributed by atoms with Gasteiger partial charge >= 0.3 is 5.76 Å². The predicted molar refractivity (Wildman–Crippen MR) is 107 cm³/mol. The van der Waals surface area contributed by atoms with Gasteiger partial charge in [0.1, 0.15) is 0 Å². The SMILES string of the molecule is CC1CCCN(C(=O)C2CCN(Cn3c(=O)oc4cc(Br)ccc43)CC2)C1. The first kappa shape index (κ1) is 18.7. The summed E-state index contributed by atoms with van der Waals surface area (Å²) in [5.41, 5.74) is 1.40. The summed E-state index contributed by atoms with van der Waals surface area (Å²) in [6.45, 7) is 6.22. The Kier molecular flexibility index (Phi) is 5.41. The number of likely N-dealkylation sites (tertiary alicyclic amines) is 2. The predicted octanol–water partition coefficient (Wildman–Crippen LogP) is 3.29. The lowest BCUT2D eigenvalue weighted by molar-refractivity contribution is -0.139. The molecule has 0 radical (unpaired) electrons. The van der Waals surface area contributed by atoms with Crippen molar-refractivity contribution in [3.05, 3.63) is 33.2 Å². The zero-order valence-corrected chi connectivity index (χ0v) is 17.3. The molecule has 2 saturated heterocycles. The molecule has 4 rings (SSSR count). The fraction of sp³-hybridized carbons (Fsp3) is 0.600. The van der Waals surface area contributed by atoms with Crippen molar-refractivity contribution in [2.75, 3.05) is 26.2 Å². The highest BCUT2D eigenvalue weighted by molar-refractivity contribution is 9.10. The molecular formula is C20H26BrN3O3. The number of fused-ring (bicyclic) bond motifs is 1. The van der Waals surface area contributed by atoms with Crippen LogP contribution in [-0.2, 0) is 11.5 Å². The van der Waals surface area contributed by atoms with Gasteiger partial charge in [-0.2, -0.15) is 0 Å². The normalized spacial score (nSPS) is 22.4.